The average Bonchev–Trinajstić information content (AvgIpc) is 3.68. The fourth-order valence-electron chi connectivity index (χ4n) is 4.63. The van der Waals surface area contributed by atoms with Gasteiger partial charge in [-0.1, -0.05) is 6.07 Å². The Hall–Kier alpha value is -3.50. The zero-order valence-electron chi connectivity index (χ0n) is 21.7. The number of H-pyrrole nitrogens is 1. The number of aryl methyl sites for hydroxylation is 1. The molecule has 1 fully saturated rings. The number of nitrogens with one attached hydrogen (secondary N) is 3. The third-order valence-electron chi connectivity index (χ3n) is 7.00. The number of hydrogen-bond acceptors (Lipinski definition) is 7. The van der Waals surface area contributed by atoms with Crippen LogP contribution < -0.4 is 26.8 Å². The summed E-state index contributed by atoms with van der Waals surface area (Å²) in [7, 11) is -0.952. The molecule has 1 aliphatic carbocycles. The Bertz CT molecular complexity index is 1960. The van der Waals surface area contributed by atoms with Gasteiger partial charge in [0, 0.05) is 23.3 Å². The number of ether oxygens (including phenoxy) is 1. The largest absolute Gasteiger partial charge is 0.383 e. The zero-order chi connectivity index (χ0) is 29.0. The summed E-state index contributed by atoms with van der Waals surface area (Å²) < 4.78 is 50.0. The monoisotopic (exact) mass is 681 g/mol. The van der Waals surface area contributed by atoms with E-state index in [9.17, 15) is 27.2 Å². The molecule has 0 unspecified atom stereocenters. The molecule has 0 saturated heterocycles. The highest BCUT2D eigenvalue weighted by atomic mass is 127. The lowest BCUT2D eigenvalue weighted by molar-refractivity contribution is 0.192. The van der Waals surface area contributed by atoms with Crippen LogP contribution in [0.5, 0.6) is 0 Å². The molecular weight excluding hydrogens is 656 g/mol. The van der Waals surface area contributed by atoms with E-state index >= 15 is 0 Å². The van der Waals surface area contributed by atoms with E-state index in [1.807, 2.05) is 22.6 Å². The van der Waals surface area contributed by atoms with Gasteiger partial charge < -0.3 is 15.0 Å². The van der Waals surface area contributed by atoms with Crippen LogP contribution in [0, 0.1) is 16.3 Å². The summed E-state index contributed by atoms with van der Waals surface area (Å²) in [6.45, 7) is 1.52. The molecule has 210 valence electrons. The molecule has 0 amide bonds. The number of sulfonamides is 1. The van der Waals surface area contributed by atoms with E-state index < -0.39 is 37.4 Å². The van der Waals surface area contributed by atoms with Crippen LogP contribution >= 0.6 is 22.6 Å². The predicted molar refractivity (Wildman–Crippen MR) is 159 cm³/mol. The van der Waals surface area contributed by atoms with Gasteiger partial charge in [0.05, 0.1) is 29.2 Å². The van der Waals surface area contributed by atoms with E-state index in [1.165, 1.54) is 62.0 Å². The maximum Gasteiger partial charge on any atom is 0.333 e. The van der Waals surface area contributed by atoms with Crippen molar-refractivity contribution in [3.63, 3.8) is 0 Å². The van der Waals surface area contributed by atoms with Gasteiger partial charge in [-0.05, 0) is 78.8 Å². The second kappa shape index (κ2) is 10.2. The quantitative estimate of drug-likeness (QED) is 0.243. The van der Waals surface area contributed by atoms with Crippen molar-refractivity contribution >= 4 is 60.7 Å². The highest BCUT2D eigenvalue weighted by Crippen LogP contribution is 2.44. The third kappa shape index (κ3) is 4.73. The van der Waals surface area contributed by atoms with Crippen molar-refractivity contribution in [1.29, 1.82) is 0 Å². The highest BCUT2D eigenvalue weighted by Gasteiger charge is 2.54. The van der Waals surface area contributed by atoms with Gasteiger partial charge in [0.25, 0.3) is 11.1 Å². The minimum Gasteiger partial charge on any atom is -0.383 e. The number of aromatic amines is 1. The third-order valence-corrected chi connectivity index (χ3v) is 9.84. The first kappa shape index (κ1) is 28.0. The maximum atomic E-state index is 14.7. The normalized spacial score (nSPS) is 14.3. The van der Waals surface area contributed by atoms with Crippen molar-refractivity contribution in [3.05, 3.63) is 88.6 Å². The SMILES string of the molecule is COCC1(S(=O)(=O)Nc2cccc(-n3c(=O)[nH]c4c(C)c(=O)n(C)c(Nc5ccc(I)cc5F)c4c3=O)c2)CC1. The van der Waals surface area contributed by atoms with Crippen molar-refractivity contribution in [1.82, 2.24) is 14.1 Å². The van der Waals surface area contributed by atoms with Gasteiger partial charge in [0.2, 0.25) is 10.0 Å². The molecule has 40 heavy (non-hydrogen) atoms. The molecule has 0 bridgehead atoms. The molecule has 11 nitrogen and oxygen atoms in total. The van der Waals surface area contributed by atoms with Crippen molar-refractivity contribution in [3.8, 4) is 5.69 Å². The molecule has 2 heterocycles. The predicted octanol–water partition coefficient (Wildman–Crippen LogP) is 3.09. The van der Waals surface area contributed by atoms with E-state index in [4.69, 9.17) is 4.74 Å². The number of aromatic nitrogens is 3. The summed E-state index contributed by atoms with van der Waals surface area (Å²) >= 11 is 1.96. The van der Waals surface area contributed by atoms with Crippen molar-refractivity contribution in [2.45, 2.75) is 24.5 Å². The molecule has 2 aromatic carbocycles. The van der Waals surface area contributed by atoms with Crippen LogP contribution in [0.3, 0.4) is 0 Å². The molecule has 3 N–H and O–H groups in total. The Kier molecular flexibility index (Phi) is 7.12. The molecule has 0 spiro atoms. The van der Waals surface area contributed by atoms with E-state index in [2.05, 4.69) is 15.0 Å². The maximum absolute atomic E-state index is 14.7. The van der Waals surface area contributed by atoms with Crippen LogP contribution in [0.2, 0.25) is 0 Å². The van der Waals surface area contributed by atoms with Crippen molar-refractivity contribution < 1.29 is 17.5 Å². The van der Waals surface area contributed by atoms with Crippen LogP contribution in [0.4, 0.5) is 21.6 Å². The lowest BCUT2D eigenvalue weighted by Crippen LogP contribution is -2.36. The first-order chi connectivity index (χ1) is 18.9. The van der Waals surface area contributed by atoms with Crippen LogP contribution in [0.15, 0.2) is 56.8 Å². The number of nitrogens with zero attached hydrogens (tertiary/aromatic N) is 2. The first-order valence-corrected chi connectivity index (χ1v) is 14.7. The second-order valence-electron chi connectivity index (χ2n) is 9.68. The van der Waals surface area contributed by atoms with E-state index in [0.29, 0.717) is 16.4 Å². The Balaban J connectivity index is 1.67. The highest BCUT2D eigenvalue weighted by molar-refractivity contribution is 14.1. The standard InChI is InChI=1S/C26H25FIN5O6S/c1-14-21-20(22(32(2)23(14)34)29-19-8-7-15(28)11-18(19)27)24(35)33(25(36)30-21)17-6-4-5-16(12-17)31-40(37,38)26(9-10-26)13-39-3/h4-8,11-12,29,31H,9-10,13H2,1-3H3,(H,30,36). The average molecular weight is 681 g/mol. The fraction of sp³-hybridized carbons (Fsp3) is 0.269. The number of pyridine rings is 1. The molecule has 0 radical (unpaired) electrons. The molecule has 0 atom stereocenters. The second-order valence-corrected chi connectivity index (χ2v) is 13.0. The number of anilines is 3. The Morgan fingerprint density at radius 2 is 1.85 bits per heavy atom. The van der Waals surface area contributed by atoms with Gasteiger partial charge in [0.1, 0.15) is 21.8 Å². The molecule has 14 heteroatoms. The van der Waals surface area contributed by atoms with Gasteiger partial charge in [0.15, 0.2) is 0 Å². The van der Waals surface area contributed by atoms with Crippen LogP contribution in [0.1, 0.15) is 18.4 Å². The molecule has 1 aliphatic rings. The molecule has 0 aliphatic heterocycles. The van der Waals surface area contributed by atoms with Gasteiger partial charge >= 0.3 is 5.69 Å². The number of methoxy groups -OCH3 is 1. The minimum absolute atomic E-state index is 0.00914. The van der Waals surface area contributed by atoms with E-state index in [0.717, 1.165) is 4.57 Å². The number of rotatable bonds is 8. The van der Waals surface area contributed by atoms with Gasteiger partial charge in [-0.25, -0.2) is 22.2 Å². The lowest BCUT2D eigenvalue weighted by atomic mass is 10.1. The van der Waals surface area contributed by atoms with Crippen LogP contribution in [-0.2, 0) is 21.8 Å². The smallest absolute Gasteiger partial charge is 0.333 e. The first-order valence-electron chi connectivity index (χ1n) is 12.1. The van der Waals surface area contributed by atoms with Crippen LogP contribution in [0.25, 0.3) is 16.6 Å². The van der Waals surface area contributed by atoms with Crippen molar-refractivity contribution in [2.75, 3.05) is 23.8 Å². The Morgan fingerprint density at radius 3 is 2.50 bits per heavy atom. The molecular formula is C26H25FIN5O6S. The summed E-state index contributed by atoms with van der Waals surface area (Å²) in [5, 5.41) is 2.79. The summed E-state index contributed by atoms with van der Waals surface area (Å²) in [5.41, 5.74) is -1.71. The van der Waals surface area contributed by atoms with E-state index in [-0.39, 0.29) is 46.0 Å². The topological polar surface area (TPSA) is 144 Å². The molecule has 1 saturated carbocycles. The number of fused-ring (bicyclic) bond motifs is 1. The number of halogens is 2. The fourth-order valence-corrected chi connectivity index (χ4v) is 6.65. The molecule has 5 rings (SSSR count). The number of hydrogen-bond donors (Lipinski definition) is 3. The summed E-state index contributed by atoms with van der Waals surface area (Å²) in [6.07, 6.45) is 0.906. The summed E-state index contributed by atoms with van der Waals surface area (Å²) in [4.78, 5) is 42.6. The lowest BCUT2D eigenvalue weighted by Gasteiger charge is -2.18. The van der Waals surface area contributed by atoms with Crippen molar-refractivity contribution in [2.24, 2.45) is 7.05 Å². The van der Waals surface area contributed by atoms with Gasteiger partial charge in [-0.3, -0.25) is 18.9 Å². The zero-order valence-corrected chi connectivity index (χ0v) is 24.6. The summed E-state index contributed by atoms with van der Waals surface area (Å²) in [5.74, 6) is -0.618. The number of benzene rings is 2. The van der Waals surface area contributed by atoms with Gasteiger partial charge in [-0.2, -0.15) is 0 Å². The molecule has 2 aromatic heterocycles. The van der Waals surface area contributed by atoms with Gasteiger partial charge in [-0.15, -0.1) is 0 Å². The molecule has 4 aromatic rings. The van der Waals surface area contributed by atoms with E-state index in [1.54, 1.807) is 6.07 Å². The van der Waals surface area contributed by atoms with Crippen LogP contribution in [-0.4, -0.2) is 41.0 Å². The Labute approximate surface area is 241 Å². The summed E-state index contributed by atoms with van der Waals surface area (Å²) in [6, 6.07) is 10.3. The minimum atomic E-state index is -3.81. The Morgan fingerprint density at radius 1 is 1.12 bits per heavy atom.